The molecule has 1 unspecified atom stereocenters. The van der Waals surface area contributed by atoms with Gasteiger partial charge in [0, 0.05) is 30.9 Å². The molecule has 0 fully saturated rings. The summed E-state index contributed by atoms with van der Waals surface area (Å²) in [7, 11) is -1.60. The molecule has 0 amide bonds. The Morgan fingerprint density at radius 1 is 1.16 bits per heavy atom. The van der Waals surface area contributed by atoms with Crippen LogP contribution in [0.1, 0.15) is 17.7 Å². The number of thiophene rings is 1. The third kappa shape index (κ3) is 6.95. The number of sulfone groups is 1. The lowest BCUT2D eigenvalue weighted by Gasteiger charge is -2.15. The van der Waals surface area contributed by atoms with Gasteiger partial charge < -0.3 is 10.6 Å². The summed E-state index contributed by atoms with van der Waals surface area (Å²) in [6.45, 7) is 3.20. The summed E-state index contributed by atoms with van der Waals surface area (Å²) < 4.78 is 24.4. The van der Waals surface area contributed by atoms with Crippen molar-refractivity contribution < 1.29 is 8.42 Å². The molecule has 0 saturated carbocycles. The molecule has 0 aliphatic carbocycles. The van der Waals surface area contributed by atoms with Gasteiger partial charge in [0.25, 0.3) is 0 Å². The molecule has 0 bridgehead atoms. The lowest BCUT2D eigenvalue weighted by Crippen LogP contribution is -2.40. The monoisotopic (exact) mass is 493 g/mol. The van der Waals surface area contributed by atoms with Crippen LogP contribution in [0.25, 0.3) is 0 Å². The van der Waals surface area contributed by atoms with Crippen molar-refractivity contribution in [3.05, 3.63) is 52.7 Å². The van der Waals surface area contributed by atoms with Gasteiger partial charge in [-0.2, -0.15) is 0 Å². The van der Waals surface area contributed by atoms with Gasteiger partial charge in [0.05, 0.1) is 10.6 Å². The van der Waals surface area contributed by atoms with Gasteiger partial charge in [-0.1, -0.05) is 31.2 Å². The van der Waals surface area contributed by atoms with Crippen LogP contribution in [0.4, 0.5) is 0 Å². The molecule has 2 aromatic rings. The van der Waals surface area contributed by atoms with Gasteiger partial charge >= 0.3 is 0 Å². The summed E-state index contributed by atoms with van der Waals surface area (Å²) in [6.07, 6.45) is 0. The maximum Gasteiger partial charge on any atom is 0.191 e. The summed E-state index contributed by atoms with van der Waals surface area (Å²) in [4.78, 5) is 5.79. The van der Waals surface area contributed by atoms with Crippen molar-refractivity contribution in [2.45, 2.75) is 17.7 Å². The second kappa shape index (κ2) is 10.8. The van der Waals surface area contributed by atoms with E-state index in [1.54, 1.807) is 48.7 Å². The number of rotatable bonds is 7. The van der Waals surface area contributed by atoms with Crippen molar-refractivity contribution in [3.63, 3.8) is 0 Å². The van der Waals surface area contributed by atoms with E-state index in [2.05, 4.69) is 34.0 Å². The van der Waals surface area contributed by atoms with Crippen LogP contribution in [0.3, 0.4) is 0 Å². The first kappa shape index (κ1) is 21.9. The zero-order valence-corrected chi connectivity index (χ0v) is 18.3. The highest BCUT2D eigenvalue weighted by Gasteiger charge is 2.14. The second-order valence-electron chi connectivity index (χ2n) is 5.43. The Balaban J connectivity index is 0.00000312. The molecule has 0 aliphatic heterocycles. The molecule has 25 heavy (non-hydrogen) atoms. The predicted molar refractivity (Wildman–Crippen MR) is 116 cm³/mol. The van der Waals surface area contributed by atoms with E-state index in [1.165, 1.54) is 4.88 Å². The highest BCUT2D eigenvalue weighted by molar-refractivity contribution is 14.0. The Labute approximate surface area is 170 Å². The van der Waals surface area contributed by atoms with E-state index in [4.69, 9.17) is 0 Å². The van der Waals surface area contributed by atoms with Crippen molar-refractivity contribution in [1.82, 2.24) is 10.6 Å². The number of guanidine groups is 1. The summed E-state index contributed by atoms with van der Waals surface area (Å²) >= 11 is 1.73. The molecule has 0 spiro atoms. The molecule has 8 heteroatoms. The topological polar surface area (TPSA) is 70.6 Å². The SMILES string of the molecule is CN=C(NCCS(=O)(=O)c1ccccc1)NCC(C)c1cccs1.I. The van der Waals surface area contributed by atoms with E-state index < -0.39 is 9.84 Å². The standard InChI is InChI=1S/C17H23N3O2S2.HI/c1-14(16-9-6-11-23-16)13-20-17(18-2)19-10-12-24(21,22)15-7-4-3-5-8-15;/h3-9,11,14H,10,12-13H2,1-2H3,(H2,18,19,20);1H. The van der Waals surface area contributed by atoms with E-state index in [-0.39, 0.29) is 29.7 Å². The lowest BCUT2D eigenvalue weighted by atomic mass is 10.1. The molecule has 138 valence electrons. The Hall–Kier alpha value is -1.13. The number of halogens is 1. The van der Waals surface area contributed by atoms with Crippen molar-refractivity contribution in [3.8, 4) is 0 Å². The quantitative estimate of drug-likeness (QED) is 0.354. The van der Waals surface area contributed by atoms with Crippen LogP contribution < -0.4 is 10.6 Å². The molecule has 0 aliphatic rings. The Kier molecular flexibility index (Phi) is 9.44. The molecule has 5 nitrogen and oxygen atoms in total. The highest BCUT2D eigenvalue weighted by atomic mass is 127. The number of nitrogens with zero attached hydrogens (tertiary/aromatic N) is 1. The van der Waals surface area contributed by atoms with E-state index in [1.807, 2.05) is 6.07 Å². The number of benzene rings is 1. The molecular formula is C17H24IN3O2S2. The van der Waals surface area contributed by atoms with Crippen molar-refractivity contribution >= 4 is 51.1 Å². The molecular weight excluding hydrogens is 469 g/mol. The number of aliphatic imine (C=N–C) groups is 1. The summed E-state index contributed by atoms with van der Waals surface area (Å²) in [5.74, 6) is 1.01. The molecule has 0 radical (unpaired) electrons. The molecule has 1 aromatic heterocycles. The van der Waals surface area contributed by atoms with Crippen LogP contribution in [0, 0.1) is 0 Å². The van der Waals surface area contributed by atoms with Gasteiger partial charge in [-0.25, -0.2) is 8.42 Å². The lowest BCUT2D eigenvalue weighted by molar-refractivity contribution is 0.594. The summed E-state index contributed by atoms with van der Waals surface area (Å²) in [6, 6.07) is 12.6. The van der Waals surface area contributed by atoms with Crippen LogP contribution in [0.5, 0.6) is 0 Å². The first-order valence-corrected chi connectivity index (χ1v) is 10.3. The fourth-order valence-electron chi connectivity index (χ4n) is 2.19. The van der Waals surface area contributed by atoms with Crippen LogP contribution >= 0.6 is 35.3 Å². The Bertz CT molecular complexity index is 747. The molecule has 0 saturated heterocycles. The van der Waals surface area contributed by atoms with Crippen LogP contribution in [-0.2, 0) is 9.84 Å². The largest absolute Gasteiger partial charge is 0.356 e. The van der Waals surface area contributed by atoms with Crippen LogP contribution in [0.2, 0.25) is 0 Å². The highest BCUT2D eigenvalue weighted by Crippen LogP contribution is 2.19. The minimum absolute atomic E-state index is 0. The van der Waals surface area contributed by atoms with E-state index in [9.17, 15) is 8.42 Å². The normalized spacial score (nSPS) is 13.0. The minimum atomic E-state index is -3.27. The minimum Gasteiger partial charge on any atom is -0.356 e. The smallest absolute Gasteiger partial charge is 0.191 e. The molecule has 1 heterocycles. The maximum absolute atomic E-state index is 12.2. The first-order chi connectivity index (χ1) is 11.5. The molecule has 2 rings (SSSR count). The van der Waals surface area contributed by atoms with Gasteiger partial charge in [0.1, 0.15) is 0 Å². The van der Waals surface area contributed by atoms with Gasteiger partial charge in [0.15, 0.2) is 15.8 Å². The van der Waals surface area contributed by atoms with Gasteiger partial charge in [-0.05, 0) is 23.6 Å². The average molecular weight is 493 g/mol. The van der Waals surface area contributed by atoms with E-state index >= 15 is 0 Å². The van der Waals surface area contributed by atoms with Gasteiger partial charge in [-0.3, -0.25) is 4.99 Å². The second-order valence-corrected chi connectivity index (χ2v) is 8.52. The number of hydrogen-bond acceptors (Lipinski definition) is 4. The Morgan fingerprint density at radius 2 is 1.88 bits per heavy atom. The Morgan fingerprint density at radius 3 is 2.48 bits per heavy atom. The van der Waals surface area contributed by atoms with Crippen molar-refractivity contribution in [2.24, 2.45) is 4.99 Å². The predicted octanol–water partition coefficient (Wildman–Crippen LogP) is 3.11. The number of hydrogen-bond donors (Lipinski definition) is 2. The van der Waals surface area contributed by atoms with Crippen molar-refractivity contribution in [2.75, 3.05) is 25.9 Å². The van der Waals surface area contributed by atoms with Gasteiger partial charge in [0.2, 0.25) is 0 Å². The molecule has 1 atom stereocenters. The van der Waals surface area contributed by atoms with Gasteiger partial charge in [-0.15, -0.1) is 35.3 Å². The molecule has 2 N–H and O–H groups in total. The summed E-state index contributed by atoms with van der Waals surface area (Å²) in [5.41, 5.74) is 0. The third-order valence-electron chi connectivity index (χ3n) is 3.59. The fourth-order valence-corrected chi connectivity index (χ4v) is 4.16. The molecule has 1 aromatic carbocycles. The third-order valence-corrected chi connectivity index (χ3v) is 6.43. The van der Waals surface area contributed by atoms with Crippen LogP contribution in [-0.4, -0.2) is 40.3 Å². The summed E-state index contributed by atoms with van der Waals surface area (Å²) in [5, 5.41) is 8.36. The van der Waals surface area contributed by atoms with E-state index in [0.717, 1.165) is 6.54 Å². The maximum atomic E-state index is 12.2. The zero-order valence-electron chi connectivity index (χ0n) is 14.3. The first-order valence-electron chi connectivity index (χ1n) is 7.78. The van der Waals surface area contributed by atoms with Crippen LogP contribution in [0.15, 0.2) is 57.7 Å². The fraction of sp³-hybridized carbons (Fsp3) is 0.353. The van der Waals surface area contributed by atoms with E-state index in [0.29, 0.717) is 23.3 Å². The van der Waals surface area contributed by atoms with Crippen molar-refractivity contribution in [1.29, 1.82) is 0 Å². The number of nitrogens with one attached hydrogen (secondary N) is 2. The zero-order chi connectivity index (χ0) is 17.4. The average Bonchev–Trinajstić information content (AvgIpc) is 3.13.